The molecule has 1 saturated heterocycles. The van der Waals surface area contributed by atoms with Crippen molar-refractivity contribution in [3.05, 3.63) is 0 Å². The van der Waals surface area contributed by atoms with Crippen molar-refractivity contribution in [3.8, 4) is 6.07 Å². The number of aliphatic hydroxyl groups excluding tert-OH is 1. The van der Waals surface area contributed by atoms with Crippen LogP contribution in [-0.4, -0.2) is 74.0 Å². The summed E-state index contributed by atoms with van der Waals surface area (Å²) in [6, 6.07) is 2.10. The first-order chi connectivity index (χ1) is 7.72. The maximum absolute atomic E-state index is 9.86. The standard InChI is InChI=1S/C11H21N3O2/c1-13(4-2-3-12)9-11(15)10-14-5-7-16-8-6-14/h11,15H,2,4-10H2,1H3. The van der Waals surface area contributed by atoms with Gasteiger partial charge in [-0.15, -0.1) is 0 Å². The van der Waals surface area contributed by atoms with E-state index in [9.17, 15) is 5.11 Å². The highest BCUT2D eigenvalue weighted by Gasteiger charge is 2.15. The van der Waals surface area contributed by atoms with Gasteiger partial charge in [-0.05, 0) is 7.05 Å². The highest BCUT2D eigenvalue weighted by molar-refractivity contribution is 4.74. The molecule has 0 amide bonds. The smallest absolute Gasteiger partial charge is 0.0793 e. The van der Waals surface area contributed by atoms with Crippen molar-refractivity contribution in [2.45, 2.75) is 12.5 Å². The second kappa shape index (κ2) is 7.58. The molecule has 5 nitrogen and oxygen atoms in total. The molecular weight excluding hydrogens is 206 g/mol. The van der Waals surface area contributed by atoms with Crippen LogP contribution in [0, 0.1) is 11.3 Å². The first-order valence-electron chi connectivity index (χ1n) is 5.76. The van der Waals surface area contributed by atoms with Gasteiger partial charge in [0.2, 0.25) is 0 Å². The molecule has 0 radical (unpaired) electrons. The van der Waals surface area contributed by atoms with Crippen molar-refractivity contribution in [3.63, 3.8) is 0 Å². The Morgan fingerprint density at radius 2 is 2.19 bits per heavy atom. The van der Waals surface area contributed by atoms with Crippen LogP contribution in [0.25, 0.3) is 0 Å². The zero-order chi connectivity index (χ0) is 11.8. The van der Waals surface area contributed by atoms with Crippen LogP contribution in [0.15, 0.2) is 0 Å². The number of ether oxygens (including phenoxy) is 1. The van der Waals surface area contributed by atoms with Crippen LogP contribution in [0.2, 0.25) is 0 Å². The molecule has 0 aromatic heterocycles. The van der Waals surface area contributed by atoms with Gasteiger partial charge in [0.25, 0.3) is 0 Å². The zero-order valence-corrected chi connectivity index (χ0v) is 9.93. The van der Waals surface area contributed by atoms with E-state index in [1.807, 2.05) is 11.9 Å². The summed E-state index contributed by atoms with van der Waals surface area (Å²) in [6.07, 6.45) is 0.169. The van der Waals surface area contributed by atoms with Crippen molar-refractivity contribution in [2.24, 2.45) is 0 Å². The fourth-order valence-electron chi connectivity index (χ4n) is 1.83. The highest BCUT2D eigenvalue weighted by Crippen LogP contribution is 2.00. The van der Waals surface area contributed by atoms with Crippen molar-refractivity contribution >= 4 is 0 Å². The quantitative estimate of drug-likeness (QED) is 0.664. The second-order valence-electron chi connectivity index (χ2n) is 4.24. The fourth-order valence-corrected chi connectivity index (χ4v) is 1.83. The average molecular weight is 227 g/mol. The molecule has 0 aliphatic carbocycles. The van der Waals surface area contributed by atoms with Crippen molar-refractivity contribution in [2.75, 3.05) is 53.0 Å². The summed E-state index contributed by atoms with van der Waals surface area (Å²) >= 11 is 0. The Balaban J connectivity index is 2.13. The molecule has 0 aromatic carbocycles. The first-order valence-corrected chi connectivity index (χ1v) is 5.76. The summed E-state index contributed by atoms with van der Waals surface area (Å²) in [4.78, 5) is 4.21. The van der Waals surface area contributed by atoms with Gasteiger partial charge >= 0.3 is 0 Å². The lowest BCUT2D eigenvalue weighted by Crippen LogP contribution is -2.44. The fraction of sp³-hybridized carbons (Fsp3) is 0.909. The lowest BCUT2D eigenvalue weighted by Gasteiger charge is -2.29. The molecule has 5 heteroatoms. The molecule has 1 heterocycles. The van der Waals surface area contributed by atoms with E-state index in [2.05, 4.69) is 11.0 Å². The minimum Gasteiger partial charge on any atom is -0.390 e. The SMILES string of the molecule is CN(CCC#N)CC(O)CN1CCOCC1. The van der Waals surface area contributed by atoms with Gasteiger partial charge in [0.05, 0.1) is 25.4 Å². The molecule has 0 bridgehead atoms. The summed E-state index contributed by atoms with van der Waals surface area (Å²) < 4.78 is 5.25. The summed E-state index contributed by atoms with van der Waals surface area (Å²) in [5.41, 5.74) is 0. The molecule has 1 rings (SSSR count). The normalized spacial score (nSPS) is 19.6. The van der Waals surface area contributed by atoms with E-state index in [-0.39, 0.29) is 6.10 Å². The Morgan fingerprint density at radius 1 is 1.50 bits per heavy atom. The lowest BCUT2D eigenvalue weighted by molar-refractivity contribution is 0.00884. The van der Waals surface area contributed by atoms with Gasteiger partial charge in [-0.1, -0.05) is 0 Å². The zero-order valence-electron chi connectivity index (χ0n) is 9.93. The molecule has 0 aromatic rings. The first kappa shape index (κ1) is 13.4. The van der Waals surface area contributed by atoms with Gasteiger partial charge in [0.1, 0.15) is 0 Å². The molecule has 1 atom stereocenters. The topological polar surface area (TPSA) is 59.7 Å². The maximum Gasteiger partial charge on any atom is 0.0793 e. The number of nitriles is 1. The predicted octanol–water partition coefficient (Wildman–Crippen LogP) is -0.475. The Morgan fingerprint density at radius 3 is 2.81 bits per heavy atom. The van der Waals surface area contributed by atoms with Crippen LogP contribution in [0.5, 0.6) is 0 Å². The van der Waals surface area contributed by atoms with E-state index >= 15 is 0 Å². The van der Waals surface area contributed by atoms with Crippen LogP contribution in [-0.2, 0) is 4.74 Å². The molecule has 0 spiro atoms. The van der Waals surface area contributed by atoms with Crippen molar-refractivity contribution in [1.29, 1.82) is 5.26 Å². The predicted molar refractivity (Wildman–Crippen MR) is 61.0 cm³/mol. The Labute approximate surface area is 97.2 Å². The Bertz CT molecular complexity index is 224. The molecule has 0 saturated carbocycles. The number of morpholine rings is 1. The molecule has 1 aliphatic heterocycles. The highest BCUT2D eigenvalue weighted by atomic mass is 16.5. The van der Waals surface area contributed by atoms with Gasteiger partial charge < -0.3 is 14.7 Å². The maximum atomic E-state index is 9.86. The molecular formula is C11H21N3O2. The number of likely N-dealkylation sites (N-methyl/N-ethyl adjacent to an activating group) is 1. The van der Waals surface area contributed by atoms with E-state index in [0.717, 1.165) is 32.8 Å². The third-order valence-corrected chi connectivity index (χ3v) is 2.70. The van der Waals surface area contributed by atoms with Crippen molar-refractivity contribution < 1.29 is 9.84 Å². The summed E-state index contributed by atoms with van der Waals surface area (Å²) in [5, 5.41) is 18.3. The molecule has 1 N–H and O–H groups in total. The average Bonchev–Trinajstić information content (AvgIpc) is 2.27. The summed E-state index contributed by atoms with van der Waals surface area (Å²) in [7, 11) is 1.93. The largest absolute Gasteiger partial charge is 0.390 e. The Kier molecular flexibility index (Phi) is 6.34. The number of hydrogen-bond donors (Lipinski definition) is 1. The number of rotatable bonds is 6. The molecule has 16 heavy (non-hydrogen) atoms. The minimum absolute atomic E-state index is 0.346. The molecule has 92 valence electrons. The van der Waals surface area contributed by atoms with Crippen LogP contribution in [0.1, 0.15) is 6.42 Å². The van der Waals surface area contributed by atoms with Crippen LogP contribution < -0.4 is 0 Å². The number of hydrogen-bond acceptors (Lipinski definition) is 5. The van der Waals surface area contributed by atoms with E-state index in [1.54, 1.807) is 0 Å². The monoisotopic (exact) mass is 227 g/mol. The van der Waals surface area contributed by atoms with Gasteiger partial charge in [0.15, 0.2) is 0 Å². The molecule has 1 aliphatic rings. The van der Waals surface area contributed by atoms with Gasteiger partial charge in [0, 0.05) is 39.1 Å². The third kappa shape index (κ3) is 5.42. The van der Waals surface area contributed by atoms with Gasteiger partial charge in [-0.25, -0.2) is 0 Å². The minimum atomic E-state index is -0.346. The summed E-state index contributed by atoms with van der Waals surface area (Å²) in [6.45, 7) is 5.36. The number of nitrogens with zero attached hydrogens (tertiary/aromatic N) is 3. The third-order valence-electron chi connectivity index (χ3n) is 2.70. The van der Waals surface area contributed by atoms with Crippen LogP contribution >= 0.6 is 0 Å². The molecule has 1 fully saturated rings. The van der Waals surface area contributed by atoms with Crippen LogP contribution in [0.3, 0.4) is 0 Å². The lowest BCUT2D eigenvalue weighted by atomic mass is 10.2. The van der Waals surface area contributed by atoms with E-state index in [4.69, 9.17) is 10.00 Å². The van der Waals surface area contributed by atoms with Crippen LogP contribution in [0.4, 0.5) is 0 Å². The summed E-state index contributed by atoms with van der Waals surface area (Å²) in [5.74, 6) is 0. The van der Waals surface area contributed by atoms with Gasteiger partial charge in [-0.2, -0.15) is 5.26 Å². The van der Waals surface area contributed by atoms with E-state index in [0.29, 0.717) is 19.5 Å². The van der Waals surface area contributed by atoms with E-state index < -0.39 is 0 Å². The van der Waals surface area contributed by atoms with E-state index in [1.165, 1.54) is 0 Å². The number of β-amino-alcohol motifs (C(OH)–C–C–N with tert-alkyl or cyclic N) is 1. The number of aliphatic hydroxyl groups is 1. The van der Waals surface area contributed by atoms with Gasteiger partial charge in [-0.3, -0.25) is 4.90 Å². The second-order valence-corrected chi connectivity index (χ2v) is 4.24. The molecule has 1 unspecified atom stereocenters. The van der Waals surface area contributed by atoms with Crippen molar-refractivity contribution in [1.82, 2.24) is 9.80 Å². The Hall–Kier alpha value is -0.670.